The van der Waals surface area contributed by atoms with Gasteiger partial charge in [-0.3, -0.25) is 9.69 Å². The molecule has 1 heterocycles. The summed E-state index contributed by atoms with van der Waals surface area (Å²) in [6, 6.07) is 31.5. The fourth-order valence-electron chi connectivity index (χ4n) is 4.18. The quantitative estimate of drug-likeness (QED) is 0.585. The monoisotopic (exact) mass is 391 g/mol. The summed E-state index contributed by atoms with van der Waals surface area (Å²) in [4.78, 5) is 15.4. The number of rotatable bonds is 5. The van der Waals surface area contributed by atoms with E-state index < -0.39 is 0 Å². The van der Waals surface area contributed by atoms with Crippen LogP contribution in [0.3, 0.4) is 0 Å². The van der Waals surface area contributed by atoms with Gasteiger partial charge in [-0.1, -0.05) is 91.0 Å². The van der Waals surface area contributed by atoms with Crippen molar-refractivity contribution in [2.45, 2.75) is 18.9 Å². The molecule has 0 aliphatic carbocycles. The molecule has 1 atom stereocenters. The molecule has 4 rings (SSSR count). The largest absolute Gasteiger partial charge is 0.299 e. The number of ketones is 1. The Morgan fingerprint density at radius 2 is 1.29 bits per heavy atom. The van der Waals surface area contributed by atoms with E-state index in [1.807, 2.05) is 18.2 Å². The van der Waals surface area contributed by atoms with Crippen molar-refractivity contribution in [3.63, 3.8) is 0 Å². The maximum absolute atomic E-state index is 13.0. The van der Waals surface area contributed by atoms with Crippen LogP contribution in [-0.4, -0.2) is 23.8 Å². The van der Waals surface area contributed by atoms with Crippen molar-refractivity contribution < 1.29 is 4.79 Å². The molecule has 3 aromatic carbocycles. The molecule has 144 valence electrons. The van der Waals surface area contributed by atoms with Gasteiger partial charge >= 0.3 is 0 Å². The van der Waals surface area contributed by atoms with Crippen LogP contribution in [0.15, 0.2) is 91.0 Å². The Morgan fingerprint density at radius 1 is 0.786 bits per heavy atom. The third kappa shape index (κ3) is 4.70. The number of hydrogen-bond acceptors (Lipinski definition) is 2. The van der Waals surface area contributed by atoms with E-state index in [1.54, 1.807) is 0 Å². The first-order valence-corrected chi connectivity index (χ1v) is 9.70. The van der Waals surface area contributed by atoms with E-state index in [9.17, 15) is 4.79 Å². The fourth-order valence-corrected chi connectivity index (χ4v) is 4.18. The van der Waals surface area contributed by atoms with Crippen molar-refractivity contribution in [1.29, 1.82) is 0 Å². The molecule has 0 amide bonds. The maximum atomic E-state index is 13.0. The molecule has 0 bridgehead atoms. The van der Waals surface area contributed by atoms with Crippen molar-refractivity contribution in [3.8, 4) is 0 Å². The summed E-state index contributed by atoms with van der Waals surface area (Å²) in [7, 11) is 0. The van der Waals surface area contributed by atoms with E-state index in [4.69, 9.17) is 0 Å². The van der Waals surface area contributed by atoms with Crippen LogP contribution < -0.4 is 0 Å². The first-order valence-electron chi connectivity index (χ1n) is 9.70. The van der Waals surface area contributed by atoms with Gasteiger partial charge in [-0.05, 0) is 16.7 Å². The van der Waals surface area contributed by atoms with Gasteiger partial charge in [-0.15, -0.1) is 12.4 Å². The summed E-state index contributed by atoms with van der Waals surface area (Å²) in [5.74, 6) is 0.489. The molecule has 0 N–H and O–H groups in total. The van der Waals surface area contributed by atoms with E-state index in [0.29, 0.717) is 12.2 Å². The summed E-state index contributed by atoms with van der Waals surface area (Å²) < 4.78 is 0. The Kier molecular flexibility index (Phi) is 7.02. The molecule has 0 saturated carbocycles. The van der Waals surface area contributed by atoms with Crippen LogP contribution >= 0.6 is 12.4 Å². The molecular weight excluding hydrogens is 366 g/mol. The van der Waals surface area contributed by atoms with Gasteiger partial charge < -0.3 is 0 Å². The Bertz CT molecular complexity index is 827. The maximum Gasteiger partial charge on any atom is 0.139 e. The van der Waals surface area contributed by atoms with Gasteiger partial charge in [-0.25, -0.2) is 0 Å². The van der Waals surface area contributed by atoms with Crippen LogP contribution in [0.1, 0.15) is 29.0 Å². The Morgan fingerprint density at radius 3 is 1.82 bits per heavy atom. The smallest absolute Gasteiger partial charge is 0.139 e. The van der Waals surface area contributed by atoms with E-state index >= 15 is 0 Å². The summed E-state index contributed by atoms with van der Waals surface area (Å²) >= 11 is 0. The molecular formula is C25H26ClNO. The normalized spacial score (nSPS) is 17.3. The molecule has 1 unspecified atom stereocenters. The van der Waals surface area contributed by atoms with Gasteiger partial charge in [-0.2, -0.15) is 0 Å². The molecule has 0 spiro atoms. The first kappa shape index (κ1) is 20.3. The van der Waals surface area contributed by atoms with Crippen molar-refractivity contribution in [2.75, 3.05) is 13.1 Å². The van der Waals surface area contributed by atoms with Gasteiger partial charge in [0.25, 0.3) is 0 Å². The van der Waals surface area contributed by atoms with Crippen molar-refractivity contribution in [1.82, 2.24) is 4.90 Å². The van der Waals surface area contributed by atoms with Gasteiger partial charge in [0.1, 0.15) is 5.78 Å². The Balaban J connectivity index is 0.00000225. The predicted molar refractivity (Wildman–Crippen MR) is 117 cm³/mol. The molecule has 28 heavy (non-hydrogen) atoms. The molecule has 1 aliphatic heterocycles. The highest BCUT2D eigenvalue weighted by Gasteiger charge is 2.35. The zero-order chi connectivity index (χ0) is 18.5. The number of benzene rings is 3. The van der Waals surface area contributed by atoms with Crippen molar-refractivity contribution >= 4 is 18.2 Å². The van der Waals surface area contributed by atoms with Crippen molar-refractivity contribution in [3.05, 3.63) is 108 Å². The minimum Gasteiger partial charge on any atom is -0.299 e. The number of Topliss-reactive ketones (excluding diaryl/α,β-unsaturated/α-hetero) is 1. The highest BCUT2D eigenvalue weighted by Crippen LogP contribution is 2.35. The molecule has 0 radical (unpaired) electrons. The van der Waals surface area contributed by atoms with Gasteiger partial charge in [0.05, 0.1) is 0 Å². The number of carbonyl (C=O) groups excluding carboxylic acids is 1. The van der Waals surface area contributed by atoms with Gasteiger partial charge in [0.2, 0.25) is 0 Å². The van der Waals surface area contributed by atoms with Crippen LogP contribution in [0, 0.1) is 5.92 Å². The Hall–Kier alpha value is -2.42. The van der Waals surface area contributed by atoms with Crippen LogP contribution in [0.4, 0.5) is 0 Å². The van der Waals surface area contributed by atoms with Crippen LogP contribution in [0.5, 0.6) is 0 Å². The molecule has 0 aromatic heterocycles. The first-order chi connectivity index (χ1) is 13.3. The minimum absolute atomic E-state index is 0. The van der Waals surface area contributed by atoms with E-state index in [0.717, 1.165) is 19.6 Å². The van der Waals surface area contributed by atoms with E-state index in [2.05, 4.69) is 77.7 Å². The molecule has 1 saturated heterocycles. The van der Waals surface area contributed by atoms with E-state index in [-0.39, 0.29) is 24.2 Å². The molecule has 1 aliphatic rings. The van der Waals surface area contributed by atoms with E-state index in [1.165, 1.54) is 16.7 Å². The van der Waals surface area contributed by atoms with Crippen LogP contribution in [0.25, 0.3) is 0 Å². The van der Waals surface area contributed by atoms with Crippen molar-refractivity contribution in [2.24, 2.45) is 5.92 Å². The predicted octanol–water partition coefficient (Wildman–Crippen LogP) is 5.33. The zero-order valence-electron chi connectivity index (χ0n) is 15.9. The average molecular weight is 392 g/mol. The highest BCUT2D eigenvalue weighted by molar-refractivity contribution is 5.85. The lowest BCUT2D eigenvalue weighted by Crippen LogP contribution is -2.43. The molecule has 2 nitrogen and oxygen atoms in total. The second kappa shape index (κ2) is 9.68. The number of hydrogen-bond donors (Lipinski definition) is 0. The molecule has 3 heteroatoms. The standard InChI is InChI=1S/C25H25NO.ClH/c27-24-16-17-26(18-20-10-4-1-5-11-20)19-23(24)25(21-12-6-2-7-13-21)22-14-8-3-9-15-22;/h1-15,23,25H,16-19H2;1H. The van der Waals surface area contributed by atoms with Gasteiger partial charge in [0, 0.05) is 37.9 Å². The average Bonchev–Trinajstić information content (AvgIpc) is 2.73. The minimum atomic E-state index is -0.00716. The summed E-state index contributed by atoms with van der Waals surface area (Å²) in [6.45, 7) is 2.56. The topological polar surface area (TPSA) is 20.3 Å². The second-order valence-electron chi connectivity index (χ2n) is 7.34. The van der Waals surface area contributed by atoms with Crippen LogP contribution in [0.2, 0.25) is 0 Å². The van der Waals surface area contributed by atoms with Crippen LogP contribution in [-0.2, 0) is 11.3 Å². The lowest BCUT2D eigenvalue weighted by atomic mass is 9.76. The number of carbonyl (C=O) groups is 1. The highest BCUT2D eigenvalue weighted by atomic mass is 35.5. The summed E-state index contributed by atoms with van der Waals surface area (Å²) in [5.41, 5.74) is 3.76. The second-order valence-corrected chi connectivity index (χ2v) is 7.34. The van der Waals surface area contributed by atoms with Gasteiger partial charge in [0.15, 0.2) is 0 Å². The molecule has 1 fully saturated rings. The Labute approximate surface area is 173 Å². The number of piperidine rings is 1. The third-order valence-electron chi connectivity index (χ3n) is 5.51. The number of likely N-dealkylation sites (tertiary alicyclic amines) is 1. The third-order valence-corrected chi connectivity index (χ3v) is 5.51. The summed E-state index contributed by atoms with van der Waals surface area (Å²) in [6.07, 6.45) is 0.633. The number of halogens is 1. The zero-order valence-corrected chi connectivity index (χ0v) is 16.7. The lowest BCUT2D eigenvalue weighted by molar-refractivity contribution is -0.126. The SMILES string of the molecule is Cl.O=C1CCN(Cc2ccccc2)CC1C(c1ccccc1)c1ccccc1. The molecule has 3 aromatic rings. The summed E-state index contributed by atoms with van der Waals surface area (Å²) in [5, 5.41) is 0. The number of nitrogens with zero attached hydrogens (tertiary/aromatic N) is 1. The fraction of sp³-hybridized carbons (Fsp3) is 0.240. The lowest BCUT2D eigenvalue weighted by Gasteiger charge is -2.36.